The molecule has 0 spiro atoms. The number of nitrogens with zero attached hydrogens (tertiary/aromatic N) is 2. The molecule has 0 bridgehead atoms. The average Bonchev–Trinajstić information content (AvgIpc) is 3.30. The first-order chi connectivity index (χ1) is 17.4. The molecule has 1 heterocycles. The highest BCUT2D eigenvalue weighted by Crippen LogP contribution is 2.36. The molecule has 1 aliphatic heterocycles. The summed E-state index contributed by atoms with van der Waals surface area (Å²) in [5.41, 5.74) is 7.33. The normalized spacial score (nSPS) is 20.8. The molecule has 1 aliphatic carbocycles. The first-order valence-electron chi connectivity index (χ1n) is 12.9. The predicted octanol–water partition coefficient (Wildman–Crippen LogP) is 5.28. The molecule has 2 atom stereocenters. The molecule has 2 aliphatic rings. The Kier molecular flexibility index (Phi) is 7.92. The lowest BCUT2D eigenvalue weighted by Gasteiger charge is -2.36. The van der Waals surface area contributed by atoms with E-state index in [1.807, 2.05) is 4.90 Å². The van der Waals surface area contributed by atoms with E-state index < -0.39 is 11.7 Å². The van der Waals surface area contributed by atoms with Gasteiger partial charge in [0.25, 0.3) is 0 Å². The van der Waals surface area contributed by atoms with Crippen LogP contribution in [0, 0.1) is 0 Å². The summed E-state index contributed by atoms with van der Waals surface area (Å²) in [4.78, 5) is 16.9. The lowest BCUT2D eigenvalue weighted by atomic mass is 9.87. The summed E-state index contributed by atoms with van der Waals surface area (Å²) in [6.45, 7) is 9.47. The molecule has 202 valence electrons. The van der Waals surface area contributed by atoms with Crippen molar-refractivity contribution in [3.8, 4) is 0 Å². The minimum absolute atomic E-state index is 0.0157. The molecular formula is C28H37F3N4O2. The molecule has 2 aromatic carbocycles. The van der Waals surface area contributed by atoms with E-state index in [1.54, 1.807) is 6.07 Å². The maximum Gasteiger partial charge on any atom is 0.418 e. The van der Waals surface area contributed by atoms with Crippen LogP contribution in [0.1, 0.15) is 51.2 Å². The van der Waals surface area contributed by atoms with Crippen LogP contribution < -0.4 is 16.0 Å². The van der Waals surface area contributed by atoms with Crippen molar-refractivity contribution in [2.75, 3.05) is 48.7 Å². The van der Waals surface area contributed by atoms with E-state index in [1.165, 1.54) is 17.3 Å². The Morgan fingerprint density at radius 2 is 1.70 bits per heavy atom. The Morgan fingerprint density at radius 3 is 2.32 bits per heavy atom. The number of rotatable bonds is 6. The molecule has 1 amide bonds. The van der Waals surface area contributed by atoms with Crippen LogP contribution in [-0.4, -0.2) is 55.7 Å². The van der Waals surface area contributed by atoms with Gasteiger partial charge >= 0.3 is 6.18 Å². The van der Waals surface area contributed by atoms with Crippen molar-refractivity contribution in [3.63, 3.8) is 0 Å². The van der Waals surface area contributed by atoms with E-state index in [0.717, 1.165) is 32.0 Å². The monoisotopic (exact) mass is 518 g/mol. The number of carbonyl (C=O) groups excluding carboxylic acids is 1. The van der Waals surface area contributed by atoms with E-state index >= 15 is 0 Å². The number of hydrogen-bond donors (Lipinski definition) is 2. The number of ether oxygens (including phenoxy) is 1. The number of benzene rings is 2. The van der Waals surface area contributed by atoms with Gasteiger partial charge in [-0.25, -0.2) is 0 Å². The molecular weight excluding hydrogens is 481 g/mol. The van der Waals surface area contributed by atoms with Crippen LogP contribution in [0.2, 0.25) is 0 Å². The maximum absolute atomic E-state index is 13.1. The molecule has 0 unspecified atom stereocenters. The van der Waals surface area contributed by atoms with Gasteiger partial charge in [0.2, 0.25) is 5.91 Å². The zero-order valence-corrected chi connectivity index (χ0v) is 21.8. The van der Waals surface area contributed by atoms with Crippen LogP contribution >= 0.6 is 0 Å². The number of carbonyl (C=O) groups is 1. The minimum Gasteiger partial charge on any atom is -0.398 e. The lowest BCUT2D eigenvalue weighted by molar-refractivity contribution is -0.138. The molecule has 0 aromatic heterocycles. The van der Waals surface area contributed by atoms with Gasteiger partial charge in [0.05, 0.1) is 11.7 Å². The number of nitrogens with two attached hydrogens (primary N) is 1. The fourth-order valence-electron chi connectivity index (χ4n) is 5.02. The second-order valence-electron chi connectivity index (χ2n) is 11.1. The molecule has 0 radical (unpaired) electrons. The molecule has 1 saturated carbocycles. The summed E-state index contributed by atoms with van der Waals surface area (Å²) in [6.07, 6.45) is -2.44. The molecule has 2 fully saturated rings. The molecule has 4 rings (SSSR count). The third kappa shape index (κ3) is 6.89. The van der Waals surface area contributed by atoms with Gasteiger partial charge in [-0.15, -0.1) is 0 Å². The van der Waals surface area contributed by atoms with Gasteiger partial charge in [0.1, 0.15) is 6.61 Å². The first-order valence-corrected chi connectivity index (χ1v) is 12.9. The number of anilines is 3. The van der Waals surface area contributed by atoms with Gasteiger partial charge in [-0.2, -0.15) is 13.2 Å². The average molecular weight is 519 g/mol. The molecule has 9 heteroatoms. The molecule has 2 aromatic rings. The van der Waals surface area contributed by atoms with Crippen molar-refractivity contribution in [2.24, 2.45) is 0 Å². The minimum atomic E-state index is -4.49. The van der Waals surface area contributed by atoms with E-state index in [-0.39, 0.29) is 35.8 Å². The molecule has 1 saturated heterocycles. The number of hydrogen-bond acceptors (Lipinski definition) is 5. The van der Waals surface area contributed by atoms with Crippen molar-refractivity contribution in [1.29, 1.82) is 0 Å². The summed E-state index contributed by atoms with van der Waals surface area (Å²) in [5.74, 6) is -0.0208. The Bertz CT molecular complexity index is 1070. The summed E-state index contributed by atoms with van der Waals surface area (Å²) in [6, 6.07) is 12.5. The third-order valence-corrected chi connectivity index (χ3v) is 7.29. The van der Waals surface area contributed by atoms with Crippen LogP contribution in [0.25, 0.3) is 0 Å². The smallest absolute Gasteiger partial charge is 0.398 e. The fourth-order valence-corrected chi connectivity index (χ4v) is 5.02. The maximum atomic E-state index is 13.1. The molecule has 6 nitrogen and oxygen atoms in total. The Hall–Kier alpha value is -2.94. The van der Waals surface area contributed by atoms with Gasteiger partial charge in [-0.05, 0) is 60.6 Å². The van der Waals surface area contributed by atoms with Gasteiger partial charge in [0, 0.05) is 49.3 Å². The van der Waals surface area contributed by atoms with E-state index in [4.69, 9.17) is 10.5 Å². The molecule has 37 heavy (non-hydrogen) atoms. The number of alkyl halides is 3. The number of amides is 1. The number of nitrogens with one attached hydrogen (secondary N) is 1. The quantitative estimate of drug-likeness (QED) is 0.509. The Balaban J connectivity index is 1.20. The standard InChI is InChI=1S/C28H37F3N4O2/c1-27(2,3)19-4-8-22(9-5-19)34-12-14-35(15-13-34)26(36)18-37-23-10-6-20(16-23)33-21-7-11-25(32)24(17-21)28(29,30)31/h4-5,7-9,11,17,20,23,33H,6,10,12-16,18,32H2,1-3H3/t20-,23-/m1/s1. The third-order valence-electron chi connectivity index (χ3n) is 7.29. The van der Waals surface area contributed by atoms with Crippen molar-refractivity contribution in [3.05, 3.63) is 53.6 Å². The van der Waals surface area contributed by atoms with Crippen molar-refractivity contribution >= 4 is 23.0 Å². The number of nitrogen functional groups attached to an aromatic ring is 1. The summed E-state index contributed by atoms with van der Waals surface area (Å²) in [5, 5.41) is 3.16. The highest BCUT2D eigenvalue weighted by atomic mass is 19.4. The predicted molar refractivity (Wildman–Crippen MR) is 141 cm³/mol. The zero-order valence-electron chi connectivity index (χ0n) is 21.8. The largest absolute Gasteiger partial charge is 0.418 e. The molecule has 3 N–H and O–H groups in total. The van der Waals surface area contributed by atoms with Gasteiger partial charge in [-0.1, -0.05) is 32.9 Å². The van der Waals surface area contributed by atoms with Crippen molar-refractivity contribution in [2.45, 2.75) is 63.8 Å². The fraction of sp³-hybridized carbons (Fsp3) is 0.536. The number of halogens is 3. The van der Waals surface area contributed by atoms with Crippen LogP contribution in [0.15, 0.2) is 42.5 Å². The van der Waals surface area contributed by atoms with Crippen LogP contribution in [0.3, 0.4) is 0 Å². The zero-order chi connectivity index (χ0) is 26.8. The van der Waals surface area contributed by atoms with Gasteiger partial charge < -0.3 is 25.6 Å². The van der Waals surface area contributed by atoms with Crippen LogP contribution in [-0.2, 0) is 21.1 Å². The van der Waals surface area contributed by atoms with E-state index in [2.05, 4.69) is 55.3 Å². The summed E-state index contributed by atoms with van der Waals surface area (Å²) in [7, 11) is 0. The second-order valence-corrected chi connectivity index (χ2v) is 11.1. The van der Waals surface area contributed by atoms with Crippen LogP contribution in [0.5, 0.6) is 0 Å². The highest BCUT2D eigenvalue weighted by Gasteiger charge is 2.34. The van der Waals surface area contributed by atoms with Crippen molar-refractivity contribution < 1.29 is 22.7 Å². The number of piperazine rings is 1. The second kappa shape index (κ2) is 10.8. The summed E-state index contributed by atoms with van der Waals surface area (Å²) >= 11 is 0. The van der Waals surface area contributed by atoms with Crippen molar-refractivity contribution in [1.82, 2.24) is 4.90 Å². The Morgan fingerprint density at radius 1 is 1.03 bits per heavy atom. The van der Waals surface area contributed by atoms with Crippen LogP contribution in [0.4, 0.5) is 30.2 Å². The van der Waals surface area contributed by atoms with E-state index in [0.29, 0.717) is 25.2 Å². The topological polar surface area (TPSA) is 70.8 Å². The highest BCUT2D eigenvalue weighted by molar-refractivity contribution is 5.77. The van der Waals surface area contributed by atoms with Gasteiger partial charge in [0.15, 0.2) is 0 Å². The first kappa shape index (κ1) is 27.1. The lowest BCUT2D eigenvalue weighted by Crippen LogP contribution is -2.50. The van der Waals surface area contributed by atoms with E-state index in [9.17, 15) is 18.0 Å². The summed E-state index contributed by atoms with van der Waals surface area (Å²) < 4.78 is 45.3. The Labute approximate surface area is 216 Å². The SMILES string of the molecule is CC(C)(C)c1ccc(N2CCN(C(=O)CO[C@@H]3CC[C@@H](Nc4ccc(N)c(C(F)(F)F)c4)C3)CC2)cc1. The van der Waals surface area contributed by atoms with Gasteiger partial charge in [-0.3, -0.25) is 4.79 Å².